The van der Waals surface area contributed by atoms with Gasteiger partial charge in [-0.1, -0.05) is 56.3 Å². The average Bonchev–Trinajstić information content (AvgIpc) is 2.67. The van der Waals surface area contributed by atoms with Crippen molar-refractivity contribution < 1.29 is 24.1 Å². The second kappa shape index (κ2) is 10.7. The van der Waals surface area contributed by atoms with Gasteiger partial charge >= 0.3 is 5.97 Å². The van der Waals surface area contributed by atoms with E-state index in [1.807, 2.05) is 54.6 Å². The van der Waals surface area contributed by atoms with E-state index in [1.165, 1.54) is 5.56 Å². The van der Waals surface area contributed by atoms with Crippen LogP contribution in [0.2, 0.25) is 0 Å². The molecule has 0 spiro atoms. The fraction of sp³-hybridized carbons (Fsp3) is 0.409. The summed E-state index contributed by atoms with van der Waals surface area (Å²) in [5.41, 5.74) is 2.02. The Balaban J connectivity index is 1.96. The van der Waals surface area contributed by atoms with Crippen LogP contribution in [0.25, 0.3) is 0 Å². The summed E-state index contributed by atoms with van der Waals surface area (Å²) >= 11 is 0. The lowest BCUT2D eigenvalue weighted by atomic mass is 10.0. The molecule has 5 nitrogen and oxygen atoms in total. The van der Waals surface area contributed by atoms with Crippen molar-refractivity contribution in [1.82, 2.24) is 0 Å². The maximum atomic E-state index is 11.6. The highest BCUT2D eigenvalue weighted by atomic mass is 16.6. The maximum Gasteiger partial charge on any atom is 0.335 e. The molecule has 5 heteroatoms. The van der Waals surface area contributed by atoms with Crippen LogP contribution in [0.5, 0.6) is 5.75 Å². The Morgan fingerprint density at radius 3 is 2.15 bits per heavy atom. The first-order valence-electron chi connectivity index (χ1n) is 9.26. The summed E-state index contributed by atoms with van der Waals surface area (Å²) in [6.45, 7) is 6.92. The molecule has 0 aliphatic carbocycles. The normalized spacial score (nSPS) is 13.3. The molecule has 0 fully saturated rings. The van der Waals surface area contributed by atoms with Gasteiger partial charge < -0.3 is 19.3 Å². The van der Waals surface area contributed by atoms with Crippen molar-refractivity contribution in [2.75, 3.05) is 19.8 Å². The number of rotatable bonds is 11. The van der Waals surface area contributed by atoms with Gasteiger partial charge in [-0.05, 0) is 36.1 Å². The molecule has 1 N–H and O–H groups in total. The molecule has 2 unspecified atom stereocenters. The third-order valence-corrected chi connectivity index (χ3v) is 4.19. The molecular formula is C22H28O5. The first-order chi connectivity index (χ1) is 13.0. The Kier molecular flexibility index (Phi) is 8.30. The van der Waals surface area contributed by atoms with Crippen LogP contribution in [0.4, 0.5) is 0 Å². The first-order valence-corrected chi connectivity index (χ1v) is 9.26. The van der Waals surface area contributed by atoms with E-state index in [0.29, 0.717) is 19.1 Å². The van der Waals surface area contributed by atoms with Gasteiger partial charge in [-0.15, -0.1) is 0 Å². The second-order valence-electron chi connectivity index (χ2n) is 6.49. The van der Waals surface area contributed by atoms with E-state index in [-0.39, 0.29) is 6.61 Å². The summed E-state index contributed by atoms with van der Waals surface area (Å²) in [6.07, 6.45) is -1.77. The van der Waals surface area contributed by atoms with Crippen LogP contribution in [-0.4, -0.2) is 37.0 Å². The molecule has 0 aromatic heterocycles. The van der Waals surface area contributed by atoms with Gasteiger partial charge in [-0.3, -0.25) is 0 Å². The summed E-state index contributed by atoms with van der Waals surface area (Å²) < 4.78 is 17.0. The van der Waals surface area contributed by atoms with E-state index in [9.17, 15) is 9.90 Å². The number of carbonyl (C=O) groups is 1. The molecule has 2 atom stereocenters. The monoisotopic (exact) mass is 372 g/mol. The Morgan fingerprint density at radius 1 is 0.926 bits per heavy atom. The lowest BCUT2D eigenvalue weighted by Crippen LogP contribution is -2.33. The maximum absolute atomic E-state index is 11.6. The number of benzene rings is 2. The molecule has 2 aromatic rings. The van der Waals surface area contributed by atoms with Gasteiger partial charge in [-0.2, -0.15) is 0 Å². The highest BCUT2D eigenvalue weighted by molar-refractivity contribution is 5.73. The molecule has 2 rings (SSSR count). The van der Waals surface area contributed by atoms with E-state index >= 15 is 0 Å². The Hall–Kier alpha value is -2.37. The van der Waals surface area contributed by atoms with Crippen molar-refractivity contribution in [2.45, 2.75) is 38.9 Å². The number of carboxylic acids is 1. The van der Waals surface area contributed by atoms with Crippen molar-refractivity contribution >= 4 is 5.97 Å². The quantitative estimate of drug-likeness (QED) is 0.591. The van der Waals surface area contributed by atoms with E-state index in [0.717, 1.165) is 11.3 Å². The number of aliphatic carboxylic acids is 1. The Morgan fingerprint density at radius 2 is 1.59 bits per heavy atom. The van der Waals surface area contributed by atoms with E-state index in [1.54, 1.807) is 6.92 Å². The highest BCUT2D eigenvalue weighted by Crippen LogP contribution is 2.24. The van der Waals surface area contributed by atoms with Crippen LogP contribution in [0, 0.1) is 0 Å². The van der Waals surface area contributed by atoms with Crippen molar-refractivity contribution in [1.29, 1.82) is 0 Å². The molecule has 0 heterocycles. The lowest BCUT2D eigenvalue weighted by molar-refractivity contribution is -0.162. The minimum Gasteiger partial charge on any atom is -0.491 e. The van der Waals surface area contributed by atoms with E-state index in [4.69, 9.17) is 14.2 Å². The molecular weight excluding hydrogens is 344 g/mol. The highest BCUT2D eigenvalue weighted by Gasteiger charge is 2.31. The van der Waals surface area contributed by atoms with Crippen molar-refractivity contribution in [3.8, 4) is 5.75 Å². The Bertz CT molecular complexity index is 682. The standard InChI is InChI=1S/C22H28O5/c1-4-25-21(22(23)24)20(18-8-6-5-7-9-18)27-15-14-26-19-12-10-17(11-13-19)16(2)3/h5-13,16,20-21H,4,14-15H2,1-3H3,(H,23,24). The third kappa shape index (κ3) is 6.38. The van der Waals surface area contributed by atoms with Crippen LogP contribution in [0.15, 0.2) is 54.6 Å². The fourth-order valence-corrected chi connectivity index (χ4v) is 2.75. The number of hydrogen-bond donors (Lipinski definition) is 1. The van der Waals surface area contributed by atoms with Crippen molar-refractivity contribution in [3.05, 3.63) is 65.7 Å². The zero-order valence-electron chi connectivity index (χ0n) is 16.1. The molecule has 0 aliphatic heterocycles. The van der Waals surface area contributed by atoms with Crippen LogP contribution in [0.3, 0.4) is 0 Å². The van der Waals surface area contributed by atoms with E-state index in [2.05, 4.69) is 13.8 Å². The lowest BCUT2D eigenvalue weighted by Gasteiger charge is -2.24. The summed E-state index contributed by atoms with van der Waals surface area (Å²) in [6, 6.07) is 17.2. The number of ether oxygens (including phenoxy) is 3. The van der Waals surface area contributed by atoms with Crippen LogP contribution < -0.4 is 4.74 Å². The Labute approximate surface area is 160 Å². The summed E-state index contributed by atoms with van der Waals surface area (Å²) in [5, 5.41) is 9.51. The second-order valence-corrected chi connectivity index (χ2v) is 6.49. The molecule has 2 aromatic carbocycles. The number of carboxylic acid groups (broad SMARTS) is 1. The van der Waals surface area contributed by atoms with E-state index < -0.39 is 18.2 Å². The zero-order valence-corrected chi connectivity index (χ0v) is 16.1. The van der Waals surface area contributed by atoms with Gasteiger partial charge in [0.2, 0.25) is 0 Å². The minimum atomic E-state index is -1.07. The van der Waals surface area contributed by atoms with Crippen LogP contribution in [-0.2, 0) is 14.3 Å². The third-order valence-electron chi connectivity index (χ3n) is 4.19. The van der Waals surface area contributed by atoms with Crippen molar-refractivity contribution in [3.63, 3.8) is 0 Å². The molecule has 27 heavy (non-hydrogen) atoms. The van der Waals surface area contributed by atoms with Crippen molar-refractivity contribution in [2.24, 2.45) is 0 Å². The number of hydrogen-bond acceptors (Lipinski definition) is 4. The van der Waals surface area contributed by atoms with Crippen LogP contribution >= 0.6 is 0 Å². The summed E-state index contributed by atoms with van der Waals surface area (Å²) in [7, 11) is 0. The van der Waals surface area contributed by atoms with Gasteiger partial charge in [0.25, 0.3) is 0 Å². The fourth-order valence-electron chi connectivity index (χ4n) is 2.75. The summed E-state index contributed by atoms with van der Waals surface area (Å²) in [4.78, 5) is 11.6. The minimum absolute atomic E-state index is 0.252. The smallest absolute Gasteiger partial charge is 0.335 e. The average molecular weight is 372 g/mol. The molecule has 146 valence electrons. The molecule has 0 saturated heterocycles. The SMILES string of the molecule is CCOC(C(=O)O)C(OCCOc1ccc(C(C)C)cc1)c1ccccc1. The largest absolute Gasteiger partial charge is 0.491 e. The van der Waals surface area contributed by atoms with Gasteiger partial charge in [-0.25, -0.2) is 4.79 Å². The predicted octanol–water partition coefficient (Wildman–Crippen LogP) is 4.44. The first kappa shape index (κ1) is 20.9. The summed E-state index contributed by atoms with van der Waals surface area (Å²) in [5.74, 6) is 0.190. The molecule has 0 saturated carbocycles. The van der Waals surface area contributed by atoms with Crippen LogP contribution in [0.1, 0.15) is 43.9 Å². The molecule has 0 aliphatic rings. The molecule has 0 bridgehead atoms. The van der Waals surface area contributed by atoms with Gasteiger partial charge in [0, 0.05) is 6.61 Å². The predicted molar refractivity (Wildman–Crippen MR) is 104 cm³/mol. The topological polar surface area (TPSA) is 65.0 Å². The van der Waals surface area contributed by atoms with Gasteiger partial charge in [0.15, 0.2) is 6.10 Å². The molecule has 0 amide bonds. The van der Waals surface area contributed by atoms with Gasteiger partial charge in [0.1, 0.15) is 18.5 Å². The molecule has 0 radical (unpaired) electrons. The van der Waals surface area contributed by atoms with Gasteiger partial charge in [0.05, 0.1) is 6.61 Å². The zero-order chi connectivity index (χ0) is 19.6.